The van der Waals surface area contributed by atoms with Crippen LogP contribution in [0.3, 0.4) is 0 Å². The summed E-state index contributed by atoms with van der Waals surface area (Å²) >= 11 is 0. The maximum absolute atomic E-state index is 15.6. The van der Waals surface area contributed by atoms with Crippen molar-refractivity contribution in [1.29, 1.82) is 0 Å². The van der Waals surface area contributed by atoms with Crippen LogP contribution in [0.25, 0.3) is 44.6 Å². The van der Waals surface area contributed by atoms with Gasteiger partial charge >= 0.3 is 11.9 Å². The van der Waals surface area contributed by atoms with E-state index in [1.165, 1.54) is 60.7 Å². The third kappa shape index (κ3) is 13.5. The summed E-state index contributed by atoms with van der Waals surface area (Å²) in [7, 11) is 0. The predicted molar refractivity (Wildman–Crippen MR) is 317 cm³/mol. The number of nitrogens with zero attached hydrogens (tertiary/aromatic N) is 6. The van der Waals surface area contributed by atoms with Crippen LogP contribution < -0.4 is 9.47 Å². The molecule has 0 bridgehead atoms. The Labute approximate surface area is 527 Å². The highest BCUT2D eigenvalue weighted by Gasteiger charge is 2.41. The van der Waals surface area contributed by atoms with E-state index in [4.69, 9.17) is 18.9 Å². The van der Waals surface area contributed by atoms with Gasteiger partial charge in [-0.1, -0.05) is 64.1 Å². The van der Waals surface area contributed by atoms with Gasteiger partial charge in [0.25, 0.3) is 12.9 Å². The molecule has 0 radical (unpaired) electrons. The van der Waals surface area contributed by atoms with Crippen molar-refractivity contribution in [1.82, 2.24) is 29.1 Å². The van der Waals surface area contributed by atoms with Crippen molar-refractivity contribution in [2.24, 2.45) is 10.8 Å². The summed E-state index contributed by atoms with van der Waals surface area (Å²) in [6.45, 7) is 8.19. The minimum absolute atomic E-state index is 0.000761. The molecule has 26 heteroatoms. The quantitative estimate of drug-likeness (QED) is 0.0780. The molecule has 10 aromatic rings. The number of halogens is 12. The van der Waals surface area contributed by atoms with Gasteiger partial charge in [0.1, 0.15) is 70.8 Å². The van der Waals surface area contributed by atoms with E-state index in [0.29, 0.717) is 25.3 Å². The third-order valence-electron chi connectivity index (χ3n) is 16.4. The van der Waals surface area contributed by atoms with E-state index in [-0.39, 0.29) is 141 Å². The normalized spacial score (nSPS) is 15.9. The third-order valence-corrected chi connectivity index (χ3v) is 16.4. The van der Waals surface area contributed by atoms with E-state index >= 15 is 26.3 Å². The van der Waals surface area contributed by atoms with Crippen LogP contribution in [-0.4, -0.2) is 77.6 Å². The van der Waals surface area contributed by atoms with Crippen LogP contribution >= 0.6 is 0 Å². The molecule has 2 atom stereocenters. The lowest BCUT2D eigenvalue weighted by Crippen LogP contribution is -2.27. The first kappa shape index (κ1) is 65.7. The highest BCUT2D eigenvalue weighted by atomic mass is 19.3. The first-order valence-corrected chi connectivity index (χ1v) is 29.0. The summed E-state index contributed by atoms with van der Waals surface area (Å²) in [5, 5.41) is 19.1. The van der Waals surface area contributed by atoms with E-state index in [1.807, 2.05) is 27.7 Å². The molecule has 0 saturated carbocycles. The number of carbonyl (C=O) groups is 2. The Balaban J connectivity index is 0.000000192. The summed E-state index contributed by atoms with van der Waals surface area (Å²) in [4.78, 5) is 40.6. The number of carboxylic acid groups (broad SMARTS) is 2. The Hall–Kier alpha value is -9.82. The molecular weight excluding hydrogens is 1260 g/mol. The summed E-state index contributed by atoms with van der Waals surface area (Å²) < 4.78 is 198. The fourth-order valence-electron chi connectivity index (χ4n) is 11.4. The number of hydrogen-bond donors (Lipinski definition) is 2. The van der Waals surface area contributed by atoms with Crippen LogP contribution in [0, 0.1) is 57.4 Å². The van der Waals surface area contributed by atoms with Crippen molar-refractivity contribution in [3.8, 4) is 34.3 Å². The molecule has 2 unspecified atom stereocenters. The molecule has 0 aliphatic carbocycles. The topological polar surface area (TPSA) is 173 Å². The Morgan fingerprint density at radius 2 is 0.872 bits per heavy atom. The number of imidazole rings is 2. The molecule has 2 aliphatic rings. The highest BCUT2D eigenvalue weighted by molar-refractivity contribution is 5.94. The van der Waals surface area contributed by atoms with Gasteiger partial charge in [0.2, 0.25) is 11.8 Å². The first-order valence-electron chi connectivity index (χ1n) is 29.0. The number of aromatic nitrogens is 6. The first-order chi connectivity index (χ1) is 44.6. The second-order valence-corrected chi connectivity index (χ2v) is 23.9. The van der Waals surface area contributed by atoms with Gasteiger partial charge in [-0.25, -0.2) is 82.2 Å². The van der Waals surface area contributed by atoms with Crippen molar-refractivity contribution < 1.29 is 91.4 Å². The number of aromatic carboxylic acids is 2. The number of rotatable bonds is 18. The summed E-state index contributed by atoms with van der Waals surface area (Å²) in [6, 6.07) is 22.0. The smallest absolute Gasteiger partial charge is 0.335 e. The fourth-order valence-corrected chi connectivity index (χ4v) is 11.4. The molecule has 2 aliphatic heterocycles. The van der Waals surface area contributed by atoms with Crippen molar-refractivity contribution in [3.05, 3.63) is 224 Å². The van der Waals surface area contributed by atoms with Crippen molar-refractivity contribution in [2.45, 2.75) is 78.7 Å². The van der Waals surface area contributed by atoms with Gasteiger partial charge in [0.15, 0.2) is 11.6 Å². The number of alkyl halides is 4. The molecule has 2 saturated heterocycles. The van der Waals surface area contributed by atoms with E-state index in [0.717, 1.165) is 48.5 Å². The van der Waals surface area contributed by atoms with E-state index in [9.17, 15) is 46.1 Å². The number of fused-ring (bicyclic) bond motifs is 2. The Bertz CT molecular complexity index is 4310. The number of pyridine rings is 2. The second kappa shape index (κ2) is 26.3. The SMILES string of the molecule is CC1(C)COCC1n1c(Cc2cc(F)c(-c3cccc(OCc4ccc(C(F)F)cc4F)n3)cc2F)nc2c(F)cc(C(=O)O)cc21.CC1(C)COCC1n1c(Cc2cc(F)c(-c3cccc(OCc4ccc(C(F)F)cc4F)n3)cc2F)nc2c(F)cc(C(=O)O)cc21. The number of benzene rings is 6. The summed E-state index contributed by atoms with van der Waals surface area (Å²) in [6.07, 6.45) is -6.16. The minimum atomic E-state index is -2.83. The van der Waals surface area contributed by atoms with E-state index in [2.05, 4.69) is 19.9 Å². The Morgan fingerprint density at radius 3 is 1.21 bits per heavy atom. The summed E-state index contributed by atoms with van der Waals surface area (Å²) in [5.74, 6) is -9.10. The second-order valence-electron chi connectivity index (χ2n) is 23.9. The lowest BCUT2D eigenvalue weighted by Gasteiger charge is -2.28. The molecule has 2 fully saturated rings. The zero-order valence-electron chi connectivity index (χ0n) is 50.1. The largest absolute Gasteiger partial charge is 0.478 e. The predicted octanol–water partition coefficient (Wildman–Crippen LogP) is 16.1. The van der Waals surface area contributed by atoms with Gasteiger partial charge in [-0.2, -0.15) is 0 Å². The molecule has 6 aromatic carbocycles. The maximum Gasteiger partial charge on any atom is 0.335 e. The molecule has 4 aromatic heterocycles. The van der Waals surface area contributed by atoms with Gasteiger partial charge in [-0.05, 0) is 83.9 Å². The van der Waals surface area contributed by atoms with Crippen LogP contribution in [-0.2, 0) is 35.5 Å². The van der Waals surface area contributed by atoms with Crippen LogP contribution in [0.5, 0.6) is 11.8 Å². The highest BCUT2D eigenvalue weighted by Crippen LogP contribution is 2.43. The van der Waals surface area contributed by atoms with E-state index in [1.54, 1.807) is 9.13 Å². The van der Waals surface area contributed by atoms with E-state index < -0.39 is 105 Å². The molecular formula is C68H54F12N6O8. The minimum Gasteiger partial charge on any atom is -0.478 e. The maximum atomic E-state index is 15.6. The van der Waals surface area contributed by atoms with Crippen LogP contribution in [0.1, 0.15) is 118 Å². The molecule has 0 amide bonds. The molecule has 6 heterocycles. The fraction of sp³-hybridized carbons (Fsp3) is 0.265. The Morgan fingerprint density at radius 1 is 0.489 bits per heavy atom. The van der Waals surface area contributed by atoms with Crippen LogP contribution in [0.4, 0.5) is 52.7 Å². The lowest BCUT2D eigenvalue weighted by molar-refractivity contribution is 0.0686. The number of hydrogen-bond acceptors (Lipinski definition) is 10. The van der Waals surface area contributed by atoms with Gasteiger partial charge < -0.3 is 38.3 Å². The van der Waals surface area contributed by atoms with Gasteiger partial charge in [-0.3, -0.25) is 0 Å². The zero-order chi connectivity index (χ0) is 67.2. The van der Waals surface area contributed by atoms with Crippen LogP contribution in [0.2, 0.25) is 0 Å². The van der Waals surface area contributed by atoms with Crippen LogP contribution in [0.15, 0.2) is 121 Å². The average molecular weight is 1310 g/mol. The molecule has 2 N–H and O–H groups in total. The van der Waals surface area contributed by atoms with Crippen molar-refractivity contribution in [2.75, 3.05) is 26.4 Å². The molecule has 94 heavy (non-hydrogen) atoms. The molecule has 14 nitrogen and oxygen atoms in total. The molecule has 0 spiro atoms. The Kier molecular flexibility index (Phi) is 18.4. The van der Waals surface area contributed by atoms with Crippen molar-refractivity contribution >= 4 is 34.0 Å². The summed E-state index contributed by atoms with van der Waals surface area (Å²) in [5.41, 5.74) is -2.79. The standard InChI is InChI=1S/2C34H27F6N3O4/c2*1-34(2)16-46-15-28(34)43-27-11-20(33(44)45)10-25(38)31(27)42-29(43)12-19-9-24(37)21(13-23(19)36)26-4-3-5-30(41-26)47-14-18-7-6-17(32(39)40)8-22(18)35/h2*3-11,13,28,32H,12,14-16H2,1-2H3,(H,44,45). The zero-order valence-corrected chi connectivity index (χ0v) is 50.1. The number of carboxylic acids is 2. The number of ether oxygens (including phenoxy) is 4. The average Bonchev–Trinajstić information content (AvgIpc) is 1.59. The van der Waals surface area contributed by atoms with Gasteiger partial charge in [0.05, 0.1) is 72.1 Å². The monoisotopic (exact) mass is 1310 g/mol. The van der Waals surface area contributed by atoms with Crippen molar-refractivity contribution in [3.63, 3.8) is 0 Å². The van der Waals surface area contributed by atoms with Gasteiger partial charge in [0, 0.05) is 69.2 Å². The molecule has 488 valence electrons. The van der Waals surface area contributed by atoms with Gasteiger partial charge in [-0.15, -0.1) is 0 Å². The molecule has 12 rings (SSSR count). The lowest BCUT2D eigenvalue weighted by atomic mass is 9.87.